The third kappa shape index (κ3) is 3.37. The fourth-order valence-electron chi connectivity index (χ4n) is 3.07. The summed E-state index contributed by atoms with van der Waals surface area (Å²) in [5.41, 5.74) is 5.89. The lowest BCUT2D eigenvalue weighted by Crippen LogP contribution is -2.18. The highest BCUT2D eigenvalue weighted by Gasteiger charge is 2.16. The van der Waals surface area contributed by atoms with Crippen LogP contribution in [-0.4, -0.2) is 22.3 Å². The number of aliphatic hydroxyl groups excluding tert-OH is 1. The summed E-state index contributed by atoms with van der Waals surface area (Å²) >= 11 is 0. The summed E-state index contributed by atoms with van der Waals surface area (Å²) in [6, 6.07) is 14.5. The van der Waals surface area contributed by atoms with E-state index in [4.69, 9.17) is 5.11 Å². The van der Waals surface area contributed by atoms with E-state index in [1.165, 1.54) is 11.1 Å². The predicted molar refractivity (Wildman–Crippen MR) is 85.9 cm³/mol. The van der Waals surface area contributed by atoms with Crippen LogP contribution in [0.5, 0.6) is 0 Å². The van der Waals surface area contributed by atoms with Crippen LogP contribution in [0.2, 0.25) is 0 Å². The molecule has 0 heterocycles. The second-order valence-electron chi connectivity index (χ2n) is 5.97. The molecule has 1 atom stereocenters. The first kappa shape index (κ1) is 14.8. The summed E-state index contributed by atoms with van der Waals surface area (Å²) < 4.78 is 0. The number of carbonyl (C=O) groups is 1. The first-order chi connectivity index (χ1) is 10.6. The molecule has 114 valence electrons. The van der Waals surface area contributed by atoms with Crippen molar-refractivity contribution < 1.29 is 15.0 Å². The highest BCUT2D eigenvalue weighted by atomic mass is 16.4. The topological polar surface area (TPSA) is 57.5 Å². The van der Waals surface area contributed by atoms with Gasteiger partial charge in [-0.1, -0.05) is 42.5 Å². The molecule has 0 saturated carbocycles. The summed E-state index contributed by atoms with van der Waals surface area (Å²) in [6.45, 7) is 0. The van der Waals surface area contributed by atoms with Crippen molar-refractivity contribution in [1.29, 1.82) is 0 Å². The van der Waals surface area contributed by atoms with E-state index in [2.05, 4.69) is 30.3 Å². The molecule has 2 aromatic carbocycles. The molecule has 1 aliphatic rings. The molecule has 3 nitrogen and oxygen atoms in total. The molecule has 0 radical (unpaired) electrons. The van der Waals surface area contributed by atoms with Crippen LogP contribution in [-0.2, 0) is 24.1 Å². The van der Waals surface area contributed by atoms with Gasteiger partial charge in [-0.15, -0.1) is 0 Å². The number of benzene rings is 2. The summed E-state index contributed by atoms with van der Waals surface area (Å²) in [6.07, 6.45) is 3.00. The fraction of sp³-hybridized carbons (Fsp3) is 0.316. The van der Waals surface area contributed by atoms with Gasteiger partial charge < -0.3 is 10.2 Å². The molecule has 0 aromatic heterocycles. The van der Waals surface area contributed by atoms with Crippen molar-refractivity contribution in [3.05, 3.63) is 59.2 Å². The molecule has 0 bridgehead atoms. The minimum Gasteiger partial charge on any atom is -0.481 e. The van der Waals surface area contributed by atoms with Crippen LogP contribution >= 0.6 is 0 Å². The van der Waals surface area contributed by atoms with E-state index in [9.17, 15) is 9.90 Å². The Morgan fingerprint density at radius 2 is 1.91 bits per heavy atom. The van der Waals surface area contributed by atoms with Crippen molar-refractivity contribution in [3.8, 4) is 11.1 Å². The van der Waals surface area contributed by atoms with Crippen molar-refractivity contribution in [3.63, 3.8) is 0 Å². The van der Waals surface area contributed by atoms with Crippen molar-refractivity contribution in [2.24, 2.45) is 0 Å². The third-order valence-electron chi connectivity index (χ3n) is 4.30. The minimum absolute atomic E-state index is 0.158. The second kappa shape index (κ2) is 6.32. The maximum atomic E-state index is 10.7. The van der Waals surface area contributed by atoms with Gasteiger partial charge in [0.2, 0.25) is 0 Å². The number of aryl methyl sites for hydroxylation is 2. The monoisotopic (exact) mass is 296 g/mol. The number of carboxylic acids is 1. The zero-order valence-electron chi connectivity index (χ0n) is 12.5. The van der Waals surface area contributed by atoms with E-state index < -0.39 is 5.97 Å². The molecule has 0 saturated heterocycles. The molecule has 2 aromatic rings. The Labute approximate surface area is 130 Å². The average Bonchev–Trinajstić information content (AvgIpc) is 2.52. The Kier molecular flexibility index (Phi) is 4.25. The zero-order valence-corrected chi connectivity index (χ0v) is 12.5. The number of hydrogen-bond donors (Lipinski definition) is 2. The van der Waals surface area contributed by atoms with Gasteiger partial charge in [0, 0.05) is 6.42 Å². The van der Waals surface area contributed by atoms with Crippen LogP contribution in [0.3, 0.4) is 0 Å². The molecule has 1 aliphatic carbocycles. The van der Waals surface area contributed by atoms with Gasteiger partial charge in [0.15, 0.2) is 0 Å². The predicted octanol–water partition coefficient (Wildman–Crippen LogP) is 3.22. The van der Waals surface area contributed by atoms with Gasteiger partial charge in [-0.3, -0.25) is 4.79 Å². The number of hydrogen-bond acceptors (Lipinski definition) is 2. The minimum atomic E-state index is -0.766. The Hall–Kier alpha value is -2.13. The smallest absolute Gasteiger partial charge is 0.303 e. The maximum Gasteiger partial charge on any atom is 0.303 e. The van der Waals surface area contributed by atoms with E-state index in [1.807, 2.05) is 12.1 Å². The van der Waals surface area contributed by atoms with E-state index in [-0.39, 0.29) is 12.5 Å². The zero-order chi connectivity index (χ0) is 15.5. The van der Waals surface area contributed by atoms with Gasteiger partial charge in [0.05, 0.1) is 6.10 Å². The van der Waals surface area contributed by atoms with Gasteiger partial charge in [-0.05, 0) is 53.5 Å². The molecule has 22 heavy (non-hydrogen) atoms. The Bertz CT molecular complexity index is 691. The van der Waals surface area contributed by atoms with Crippen LogP contribution < -0.4 is 0 Å². The molecule has 2 N–H and O–H groups in total. The van der Waals surface area contributed by atoms with E-state index >= 15 is 0 Å². The van der Waals surface area contributed by atoms with Crippen molar-refractivity contribution in [2.45, 2.75) is 38.2 Å². The van der Waals surface area contributed by atoms with Crippen LogP contribution in [0.25, 0.3) is 11.1 Å². The van der Waals surface area contributed by atoms with Gasteiger partial charge in [0.1, 0.15) is 0 Å². The quantitative estimate of drug-likeness (QED) is 0.910. The summed E-state index contributed by atoms with van der Waals surface area (Å²) in [5, 5.41) is 18.5. The first-order valence-corrected chi connectivity index (χ1v) is 7.73. The number of rotatable bonds is 4. The Morgan fingerprint density at radius 1 is 1.09 bits per heavy atom. The number of fused-ring (bicyclic) bond motifs is 1. The third-order valence-corrected chi connectivity index (χ3v) is 4.30. The molecule has 0 spiro atoms. The average molecular weight is 296 g/mol. The molecular weight excluding hydrogens is 276 g/mol. The van der Waals surface area contributed by atoms with Crippen molar-refractivity contribution in [2.75, 3.05) is 0 Å². The van der Waals surface area contributed by atoms with E-state index in [0.717, 1.165) is 36.0 Å². The Balaban J connectivity index is 1.85. The van der Waals surface area contributed by atoms with Gasteiger partial charge in [-0.2, -0.15) is 0 Å². The summed E-state index contributed by atoms with van der Waals surface area (Å²) in [5.74, 6) is -0.766. The van der Waals surface area contributed by atoms with Crippen LogP contribution in [0.15, 0.2) is 42.5 Å². The number of carboxylic acid groups (broad SMARTS) is 1. The highest BCUT2D eigenvalue weighted by molar-refractivity contribution is 5.68. The van der Waals surface area contributed by atoms with E-state index in [0.29, 0.717) is 6.42 Å². The lowest BCUT2D eigenvalue weighted by molar-refractivity contribution is -0.136. The van der Waals surface area contributed by atoms with Crippen molar-refractivity contribution >= 4 is 5.97 Å². The fourth-order valence-corrected chi connectivity index (χ4v) is 3.07. The molecule has 0 fully saturated rings. The molecule has 1 unspecified atom stereocenters. The lowest BCUT2D eigenvalue weighted by atomic mass is 9.87. The SMILES string of the molecule is O=C(O)CCc1cccc(-c2ccc3c(c2)CCC(O)C3)c1. The maximum absolute atomic E-state index is 10.7. The molecule has 3 heteroatoms. The number of aliphatic carboxylic acids is 1. The standard InChI is InChI=1S/C19H20O3/c20-18-8-7-16-11-15(5-6-17(16)12-18)14-3-1-2-13(10-14)4-9-19(21)22/h1-3,5-6,10-11,18,20H,4,7-9,12H2,(H,21,22). The second-order valence-corrected chi connectivity index (χ2v) is 5.97. The summed E-state index contributed by atoms with van der Waals surface area (Å²) in [7, 11) is 0. The number of aliphatic hydroxyl groups is 1. The van der Waals surface area contributed by atoms with Crippen LogP contribution in [0.1, 0.15) is 29.5 Å². The van der Waals surface area contributed by atoms with Gasteiger partial charge >= 0.3 is 5.97 Å². The Morgan fingerprint density at radius 3 is 2.73 bits per heavy atom. The van der Waals surface area contributed by atoms with Gasteiger partial charge in [0.25, 0.3) is 0 Å². The largest absolute Gasteiger partial charge is 0.481 e. The highest BCUT2D eigenvalue weighted by Crippen LogP contribution is 2.28. The van der Waals surface area contributed by atoms with E-state index in [1.54, 1.807) is 0 Å². The molecule has 0 amide bonds. The van der Waals surface area contributed by atoms with Crippen molar-refractivity contribution in [1.82, 2.24) is 0 Å². The van der Waals surface area contributed by atoms with Crippen LogP contribution in [0, 0.1) is 0 Å². The van der Waals surface area contributed by atoms with Gasteiger partial charge in [-0.25, -0.2) is 0 Å². The molecule has 0 aliphatic heterocycles. The molecule has 3 rings (SSSR count). The lowest BCUT2D eigenvalue weighted by Gasteiger charge is -2.21. The summed E-state index contributed by atoms with van der Waals surface area (Å²) in [4.78, 5) is 10.7. The molecular formula is C19H20O3. The first-order valence-electron chi connectivity index (χ1n) is 7.73. The van der Waals surface area contributed by atoms with Crippen LogP contribution in [0.4, 0.5) is 0 Å². The normalized spacial score (nSPS) is 17.0.